The summed E-state index contributed by atoms with van der Waals surface area (Å²) in [6, 6.07) is 7.49. The van der Waals surface area contributed by atoms with Crippen molar-refractivity contribution in [2.75, 3.05) is 26.3 Å². The predicted octanol–water partition coefficient (Wildman–Crippen LogP) is 3.17. The number of benzene rings is 1. The Balaban J connectivity index is 1.53. The Hall–Kier alpha value is -1.37. The van der Waals surface area contributed by atoms with Gasteiger partial charge in [-0.1, -0.05) is 22.0 Å². The summed E-state index contributed by atoms with van der Waals surface area (Å²) in [5.41, 5.74) is 0.716. The molecule has 4 rings (SSSR count). The molecular formula is C16H16BrNO4. The molecule has 0 aliphatic carbocycles. The van der Waals surface area contributed by atoms with E-state index in [9.17, 15) is 4.79 Å². The van der Waals surface area contributed by atoms with Crippen molar-refractivity contribution in [3.05, 3.63) is 34.5 Å². The lowest BCUT2D eigenvalue weighted by molar-refractivity contribution is -0.181. The molecule has 0 unspecified atom stereocenters. The third-order valence-corrected chi connectivity index (χ3v) is 5.04. The minimum Gasteiger partial charge on any atom is -0.451 e. The van der Waals surface area contributed by atoms with Gasteiger partial charge in [0.25, 0.3) is 5.91 Å². The number of carbonyl (C=O) groups is 1. The summed E-state index contributed by atoms with van der Waals surface area (Å²) >= 11 is 3.48. The summed E-state index contributed by atoms with van der Waals surface area (Å²) in [6.07, 6.45) is 1.42. The lowest BCUT2D eigenvalue weighted by atomic mass is 10.0. The lowest BCUT2D eigenvalue weighted by Gasteiger charge is -2.37. The SMILES string of the molecule is O=C(c1cc2c(Br)cccc2o1)N1CCC2(CC1)OCCO2. The molecule has 0 atom stereocenters. The van der Waals surface area contributed by atoms with Gasteiger partial charge in [0.1, 0.15) is 5.58 Å². The smallest absolute Gasteiger partial charge is 0.289 e. The van der Waals surface area contributed by atoms with E-state index in [2.05, 4.69) is 15.9 Å². The molecule has 1 amide bonds. The number of hydrogen-bond acceptors (Lipinski definition) is 4. The number of nitrogens with zero attached hydrogens (tertiary/aromatic N) is 1. The van der Waals surface area contributed by atoms with E-state index in [4.69, 9.17) is 13.9 Å². The molecule has 2 fully saturated rings. The first-order valence-electron chi connectivity index (χ1n) is 7.42. The summed E-state index contributed by atoms with van der Waals surface area (Å²) in [5.74, 6) is -0.157. The van der Waals surface area contributed by atoms with E-state index in [1.165, 1.54) is 0 Å². The second-order valence-electron chi connectivity index (χ2n) is 5.66. The number of amides is 1. The summed E-state index contributed by atoms with van der Waals surface area (Å²) in [7, 11) is 0. The quantitative estimate of drug-likeness (QED) is 0.778. The van der Waals surface area contributed by atoms with Crippen LogP contribution in [0.1, 0.15) is 23.4 Å². The van der Waals surface area contributed by atoms with Gasteiger partial charge in [0, 0.05) is 35.8 Å². The number of fused-ring (bicyclic) bond motifs is 1. The Morgan fingerprint density at radius 3 is 2.59 bits per heavy atom. The topological polar surface area (TPSA) is 51.9 Å². The van der Waals surface area contributed by atoms with E-state index in [-0.39, 0.29) is 5.91 Å². The van der Waals surface area contributed by atoms with Gasteiger partial charge < -0.3 is 18.8 Å². The molecule has 0 N–H and O–H groups in total. The number of piperidine rings is 1. The highest BCUT2D eigenvalue weighted by Crippen LogP contribution is 2.33. The molecule has 2 aliphatic heterocycles. The van der Waals surface area contributed by atoms with E-state index < -0.39 is 5.79 Å². The minimum absolute atomic E-state index is 0.0732. The molecule has 0 bridgehead atoms. The number of hydrogen-bond donors (Lipinski definition) is 0. The molecule has 22 heavy (non-hydrogen) atoms. The van der Waals surface area contributed by atoms with Gasteiger partial charge in [0.05, 0.1) is 13.2 Å². The second kappa shape index (κ2) is 5.37. The molecule has 2 aromatic rings. The number of halogens is 1. The fraction of sp³-hybridized carbons (Fsp3) is 0.438. The van der Waals surface area contributed by atoms with E-state index >= 15 is 0 Å². The minimum atomic E-state index is -0.465. The van der Waals surface area contributed by atoms with Crippen LogP contribution in [0, 0.1) is 0 Å². The molecule has 2 saturated heterocycles. The van der Waals surface area contributed by atoms with Crippen molar-refractivity contribution in [3.8, 4) is 0 Å². The van der Waals surface area contributed by atoms with Gasteiger partial charge in [-0.3, -0.25) is 4.79 Å². The van der Waals surface area contributed by atoms with E-state index in [1.54, 1.807) is 6.07 Å². The van der Waals surface area contributed by atoms with Crippen LogP contribution in [-0.2, 0) is 9.47 Å². The molecule has 1 aromatic heterocycles. The maximum Gasteiger partial charge on any atom is 0.289 e. The van der Waals surface area contributed by atoms with Crippen LogP contribution in [0.15, 0.2) is 33.2 Å². The molecule has 1 aromatic carbocycles. The Kier molecular flexibility index (Phi) is 3.47. The Morgan fingerprint density at radius 2 is 1.91 bits per heavy atom. The van der Waals surface area contributed by atoms with Crippen LogP contribution >= 0.6 is 15.9 Å². The summed E-state index contributed by atoms with van der Waals surface area (Å²) < 4.78 is 18.0. The molecular weight excluding hydrogens is 350 g/mol. The molecule has 0 radical (unpaired) electrons. The van der Waals surface area contributed by atoms with Crippen LogP contribution in [0.3, 0.4) is 0 Å². The first kappa shape index (κ1) is 14.2. The second-order valence-corrected chi connectivity index (χ2v) is 6.52. The third-order valence-electron chi connectivity index (χ3n) is 4.35. The first-order chi connectivity index (χ1) is 10.7. The van der Waals surface area contributed by atoms with Gasteiger partial charge >= 0.3 is 0 Å². The zero-order valence-electron chi connectivity index (χ0n) is 12.0. The average molecular weight is 366 g/mol. The molecule has 5 nitrogen and oxygen atoms in total. The maximum absolute atomic E-state index is 12.6. The highest BCUT2D eigenvalue weighted by Gasteiger charge is 2.41. The van der Waals surface area contributed by atoms with Gasteiger partial charge in [-0.2, -0.15) is 0 Å². The van der Waals surface area contributed by atoms with Crippen molar-refractivity contribution in [1.29, 1.82) is 0 Å². The highest BCUT2D eigenvalue weighted by molar-refractivity contribution is 9.10. The van der Waals surface area contributed by atoms with E-state index in [0.29, 0.717) is 50.5 Å². The fourth-order valence-electron chi connectivity index (χ4n) is 3.12. The average Bonchev–Trinajstić information content (AvgIpc) is 3.15. The summed E-state index contributed by atoms with van der Waals surface area (Å²) in [5, 5.41) is 0.918. The van der Waals surface area contributed by atoms with Crippen molar-refractivity contribution in [2.45, 2.75) is 18.6 Å². The molecule has 0 saturated carbocycles. The largest absolute Gasteiger partial charge is 0.451 e. The lowest BCUT2D eigenvalue weighted by Crippen LogP contribution is -2.47. The number of ether oxygens (including phenoxy) is 2. The molecule has 2 aliphatic rings. The maximum atomic E-state index is 12.6. The summed E-state index contributed by atoms with van der Waals surface area (Å²) in [4.78, 5) is 14.4. The van der Waals surface area contributed by atoms with Gasteiger partial charge in [0.15, 0.2) is 11.5 Å². The number of likely N-dealkylation sites (tertiary alicyclic amines) is 1. The van der Waals surface area contributed by atoms with Crippen LogP contribution in [0.5, 0.6) is 0 Å². The Labute approximate surface area is 136 Å². The van der Waals surface area contributed by atoms with Gasteiger partial charge in [0.2, 0.25) is 0 Å². The predicted molar refractivity (Wildman–Crippen MR) is 83.7 cm³/mol. The van der Waals surface area contributed by atoms with Gasteiger partial charge in [-0.15, -0.1) is 0 Å². The van der Waals surface area contributed by atoms with Crippen LogP contribution < -0.4 is 0 Å². The number of carbonyl (C=O) groups excluding carboxylic acids is 1. The van der Waals surface area contributed by atoms with Crippen LogP contribution in [0.25, 0.3) is 11.0 Å². The molecule has 6 heteroatoms. The normalized spacial score (nSPS) is 20.9. The van der Waals surface area contributed by atoms with Crippen LogP contribution in [-0.4, -0.2) is 42.9 Å². The number of rotatable bonds is 1. The highest BCUT2D eigenvalue weighted by atomic mass is 79.9. The Morgan fingerprint density at radius 1 is 1.18 bits per heavy atom. The molecule has 116 valence electrons. The van der Waals surface area contributed by atoms with Gasteiger partial charge in [-0.25, -0.2) is 0 Å². The van der Waals surface area contributed by atoms with Gasteiger partial charge in [-0.05, 0) is 18.2 Å². The standard InChI is InChI=1S/C16H16BrNO4/c17-12-2-1-3-13-11(12)10-14(22-13)15(19)18-6-4-16(5-7-18)20-8-9-21-16/h1-3,10H,4-9H2. The van der Waals surface area contributed by atoms with Crippen molar-refractivity contribution < 1.29 is 18.7 Å². The van der Waals surface area contributed by atoms with E-state index in [1.807, 2.05) is 23.1 Å². The number of furan rings is 1. The van der Waals surface area contributed by atoms with Crippen molar-refractivity contribution in [3.63, 3.8) is 0 Å². The van der Waals surface area contributed by atoms with E-state index in [0.717, 1.165) is 9.86 Å². The monoisotopic (exact) mass is 365 g/mol. The zero-order chi connectivity index (χ0) is 15.2. The fourth-order valence-corrected chi connectivity index (χ4v) is 3.59. The third kappa shape index (κ3) is 2.35. The molecule has 1 spiro atoms. The molecule has 3 heterocycles. The Bertz CT molecular complexity index is 710. The first-order valence-corrected chi connectivity index (χ1v) is 8.21. The van der Waals surface area contributed by atoms with Crippen LogP contribution in [0.2, 0.25) is 0 Å². The van der Waals surface area contributed by atoms with Crippen molar-refractivity contribution in [1.82, 2.24) is 4.90 Å². The van der Waals surface area contributed by atoms with Crippen molar-refractivity contribution in [2.24, 2.45) is 0 Å². The zero-order valence-corrected chi connectivity index (χ0v) is 13.6. The van der Waals surface area contributed by atoms with Crippen LogP contribution in [0.4, 0.5) is 0 Å². The van der Waals surface area contributed by atoms with Crippen molar-refractivity contribution >= 4 is 32.8 Å². The summed E-state index contributed by atoms with van der Waals surface area (Å²) in [6.45, 7) is 2.53.